The van der Waals surface area contributed by atoms with E-state index in [9.17, 15) is 20.0 Å². The van der Waals surface area contributed by atoms with Crippen LogP contribution in [0.2, 0.25) is 0 Å². The van der Waals surface area contributed by atoms with E-state index in [2.05, 4.69) is 0 Å². The molecular formula is C19H20N2O3. The first-order valence-electron chi connectivity index (χ1n) is 7.90. The summed E-state index contributed by atoms with van der Waals surface area (Å²) < 4.78 is 1.12. The molecule has 5 heteroatoms. The van der Waals surface area contributed by atoms with Gasteiger partial charge in [-0.15, -0.1) is 0 Å². The van der Waals surface area contributed by atoms with Crippen molar-refractivity contribution in [1.29, 1.82) is 5.26 Å². The summed E-state index contributed by atoms with van der Waals surface area (Å²) in [5.41, 5.74) is 1.01. The summed E-state index contributed by atoms with van der Waals surface area (Å²) in [5.74, 6) is -0.762. The first kappa shape index (κ1) is 17.5. The van der Waals surface area contributed by atoms with Gasteiger partial charge in [0.05, 0.1) is 5.56 Å². The fourth-order valence-electron chi connectivity index (χ4n) is 2.60. The zero-order valence-corrected chi connectivity index (χ0v) is 14.1. The van der Waals surface area contributed by atoms with Gasteiger partial charge in [0.15, 0.2) is 5.78 Å². The third-order valence-electron chi connectivity index (χ3n) is 4.08. The number of ketones is 1. The summed E-state index contributed by atoms with van der Waals surface area (Å²) >= 11 is 0. The van der Waals surface area contributed by atoms with E-state index in [1.807, 2.05) is 19.9 Å². The fourth-order valence-corrected chi connectivity index (χ4v) is 2.60. The van der Waals surface area contributed by atoms with E-state index in [1.165, 1.54) is 6.92 Å². The van der Waals surface area contributed by atoms with Gasteiger partial charge in [-0.25, -0.2) is 0 Å². The van der Waals surface area contributed by atoms with Gasteiger partial charge < -0.3 is 5.11 Å². The van der Waals surface area contributed by atoms with E-state index < -0.39 is 11.3 Å². The number of hydrogen-bond acceptors (Lipinski definition) is 4. The molecule has 0 amide bonds. The van der Waals surface area contributed by atoms with E-state index in [-0.39, 0.29) is 29.1 Å². The molecule has 0 aliphatic rings. The highest BCUT2D eigenvalue weighted by Crippen LogP contribution is 2.25. The molecule has 124 valence electrons. The van der Waals surface area contributed by atoms with Crippen molar-refractivity contribution in [3.8, 4) is 11.9 Å². The number of aromatic hydroxyl groups is 1. The van der Waals surface area contributed by atoms with Crippen molar-refractivity contribution in [3.63, 3.8) is 0 Å². The molecule has 0 aliphatic heterocycles. The normalized spacial score (nSPS) is 10.4. The summed E-state index contributed by atoms with van der Waals surface area (Å²) in [4.78, 5) is 25.2. The highest BCUT2D eigenvalue weighted by molar-refractivity contribution is 6.11. The van der Waals surface area contributed by atoms with Gasteiger partial charge in [-0.1, -0.05) is 43.2 Å². The average Bonchev–Trinajstić information content (AvgIpc) is 2.55. The maximum atomic E-state index is 12.8. The van der Waals surface area contributed by atoms with Crippen LogP contribution in [-0.4, -0.2) is 15.5 Å². The second-order valence-electron chi connectivity index (χ2n) is 5.82. The lowest BCUT2D eigenvalue weighted by atomic mass is 9.96. The quantitative estimate of drug-likeness (QED) is 0.857. The first-order chi connectivity index (χ1) is 11.4. The molecule has 2 aromatic rings. The van der Waals surface area contributed by atoms with Gasteiger partial charge in [0.25, 0.3) is 5.56 Å². The van der Waals surface area contributed by atoms with Crippen LogP contribution in [0.3, 0.4) is 0 Å². The molecule has 0 bridgehead atoms. The second-order valence-corrected chi connectivity index (χ2v) is 5.82. The van der Waals surface area contributed by atoms with Gasteiger partial charge in [0.1, 0.15) is 11.6 Å². The van der Waals surface area contributed by atoms with Crippen molar-refractivity contribution >= 4 is 5.78 Å². The van der Waals surface area contributed by atoms with Crippen LogP contribution >= 0.6 is 0 Å². The summed E-state index contributed by atoms with van der Waals surface area (Å²) in [5, 5.41) is 19.8. The third kappa shape index (κ3) is 3.09. The van der Waals surface area contributed by atoms with Crippen LogP contribution in [0.4, 0.5) is 0 Å². The molecular weight excluding hydrogens is 304 g/mol. The molecule has 1 heterocycles. The lowest BCUT2D eigenvalue weighted by Crippen LogP contribution is -2.26. The highest BCUT2D eigenvalue weighted by Gasteiger charge is 2.24. The van der Waals surface area contributed by atoms with Gasteiger partial charge >= 0.3 is 0 Å². The minimum absolute atomic E-state index is 0.0195. The van der Waals surface area contributed by atoms with Gasteiger partial charge in [0, 0.05) is 12.1 Å². The van der Waals surface area contributed by atoms with Crippen molar-refractivity contribution in [2.24, 2.45) is 0 Å². The van der Waals surface area contributed by atoms with E-state index in [0.29, 0.717) is 12.0 Å². The number of carbonyl (C=O) groups is 1. The molecule has 0 spiro atoms. The first-order valence-corrected chi connectivity index (χ1v) is 7.90. The van der Waals surface area contributed by atoms with Crippen LogP contribution in [0.1, 0.15) is 52.4 Å². The molecule has 0 radical (unpaired) electrons. The summed E-state index contributed by atoms with van der Waals surface area (Å²) in [6.07, 6.45) is 1.49. The van der Waals surface area contributed by atoms with E-state index in [1.54, 1.807) is 24.3 Å². The third-order valence-corrected chi connectivity index (χ3v) is 4.08. The standard InChI is InChI=1S/C19H20N2O3/c1-4-5-10-21-18(23)15(11-20)13(3)16(19(21)24)17(22)14-8-6-12(2)7-9-14/h6-9,24H,4-5,10H2,1-3H3. The molecule has 0 saturated carbocycles. The SMILES string of the molecule is CCCCn1c(O)c(C(=O)c2ccc(C)cc2)c(C)c(C#N)c1=O. The van der Waals surface area contributed by atoms with Crippen molar-refractivity contribution in [2.45, 2.75) is 40.2 Å². The maximum absolute atomic E-state index is 12.8. The molecule has 5 nitrogen and oxygen atoms in total. The van der Waals surface area contributed by atoms with E-state index >= 15 is 0 Å². The van der Waals surface area contributed by atoms with Crippen LogP contribution in [-0.2, 0) is 6.54 Å². The largest absolute Gasteiger partial charge is 0.494 e. The van der Waals surface area contributed by atoms with Crippen molar-refractivity contribution in [2.75, 3.05) is 0 Å². The van der Waals surface area contributed by atoms with Gasteiger partial charge in [-0.3, -0.25) is 14.2 Å². The lowest BCUT2D eigenvalue weighted by molar-refractivity contribution is 0.103. The number of nitriles is 1. The number of nitrogens with zero attached hydrogens (tertiary/aromatic N) is 2. The summed E-state index contributed by atoms with van der Waals surface area (Å²) in [6.45, 7) is 5.66. The molecule has 1 N–H and O–H groups in total. The zero-order valence-electron chi connectivity index (χ0n) is 14.1. The predicted molar refractivity (Wildman–Crippen MR) is 91.3 cm³/mol. The Labute approximate surface area is 140 Å². The van der Waals surface area contributed by atoms with Crippen LogP contribution in [0.15, 0.2) is 29.1 Å². The number of pyridine rings is 1. The minimum atomic E-state index is -0.554. The molecule has 1 aromatic carbocycles. The molecule has 0 unspecified atom stereocenters. The number of rotatable bonds is 5. The van der Waals surface area contributed by atoms with Crippen LogP contribution < -0.4 is 5.56 Å². The second kappa shape index (κ2) is 7.14. The molecule has 24 heavy (non-hydrogen) atoms. The molecule has 0 aliphatic carbocycles. The number of hydrogen-bond donors (Lipinski definition) is 1. The highest BCUT2D eigenvalue weighted by atomic mass is 16.3. The molecule has 1 aromatic heterocycles. The Morgan fingerprint density at radius 2 is 1.88 bits per heavy atom. The van der Waals surface area contributed by atoms with E-state index in [0.717, 1.165) is 16.6 Å². The smallest absolute Gasteiger partial charge is 0.271 e. The molecule has 2 rings (SSSR count). The minimum Gasteiger partial charge on any atom is -0.494 e. The number of carbonyl (C=O) groups excluding carboxylic acids is 1. The topological polar surface area (TPSA) is 83.1 Å². The lowest BCUT2D eigenvalue weighted by Gasteiger charge is -2.15. The average molecular weight is 324 g/mol. The molecule has 0 fully saturated rings. The maximum Gasteiger partial charge on any atom is 0.271 e. The predicted octanol–water partition coefficient (Wildman–Crippen LogP) is 3.07. The zero-order chi connectivity index (χ0) is 17.9. The molecule has 0 saturated heterocycles. The van der Waals surface area contributed by atoms with Crippen molar-refractivity contribution in [3.05, 3.63) is 62.4 Å². The number of aryl methyl sites for hydroxylation is 1. The Morgan fingerprint density at radius 3 is 2.42 bits per heavy atom. The van der Waals surface area contributed by atoms with Crippen LogP contribution in [0.25, 0.3) is 0 Å². The van der Waals surface area contributed by atoms with Crippen LogP contribution in [0.5, 0.6) is 5.88 Å². The molecule has 0 atom stereocenters. The summed E-state index contributed by atoms with van der Waals surface area (Å²) in [6, 6.07) is 8.82. The van der Waals surface area contributed by atoms with Crippen molar-refractivity contribution < 1.29 is 9.90 Å². The van der Waals surface area contributed by atoms with Gasteiger partial charge in [-0.05, 0) is 25.8 Å². The summed E-state index contributed by atoms with van der Waals surface area (Å²) in [7, 11) is 0. The number of unbranched alkanes of at least 4 members (excludes halogenated alkanes) is 1. The Balaban J connectivity index is 2.69. The Hall–Kier alpha value is -2.87. The Morgan fingerprint density at radius 1 is 1.25 bits per heavy atom. The van der Waals surface area contributed by atoms with E-state index in [4.69, 9.17) is 0 Å². The number of aromatic nitrogens is 1. The van der Waals surface area contributed by atoms with Crippen molar-refractivity contribution in [1.82, 2.24) is 4.57 Å². The van der Waals surface area contributed by atoms with Gasteiger partial charge in [0.2, 0.25) is 5.88 Å². The van der Waals surface area contributed by atoms with Crippen LogP contribution in [0, 0.1) is 25.2 Å². The monoisotopic (exact) mass is 324 g/mol. The number of benzene rings is 1. The fraction of sp³-hybridized carbons (Fsp3) is 0.316. The Bertz CT molecular complexity index is 871. The van der Waals surface area contributed by atoms with Gasteiger partial charge in [-0.2, -0.15) is 5.26 Å². The Kier molecular flexibility index (Phi) is 5.20.